The van der Waals surface area contributed by atoms with Crippen LogP contribution in [0.5, 0.6) is 11.5 Å². The van der Waals surface area contributed by atoms with Crippen molar-refractivity contribution in [3.63, 3.8) is 0 Å². The fourth-order valence-electron chi connectivity index (χ4n) is 5.29. The normalized spacial score (nSPS) is 19.1. The quantitative estimate of drug-likeness (QED) is 0.384. The Morgan fingerprint density at radius 3 is 2.40 bits per heavy atom. The molecule has 1 fully saturated rings. The smallest absolute Gasteiger partial charge is 0.322 e. The van der Waals surface area contributed by atoms with Crippen molar-refractivity contribution in [2.24, 2.45) is 0 Å². The summed E-state index contributed by atoms with van der Waals surface area (Å²) in [5, 5.41) is 6.08. The van der Waals surface area contributed by atoms with Gasteiger partial charge in [-0.15, -0.1) is 6.58 Å². The number of nitrogens with one attached hydrogen (secondary N) is 2. The van der Waals surface area contributed by atoms with Crippen molar-refractivity contribution in [1.82, 2.24) is 20.4 Å². The Kier molecular flexibility index (Phi) is 6.82. The molecule has 0 radical (unpaired) electrons. The number of urea groups is 1. The summed E-state index contributed by atoms with van der Waals surface area (Å²) >= 11 is 0. The lowest BCUT2D eigenvalue weighted by Crippen LogP contribution is -2.47. The Labute approximate surface area is 232 Å². The highest BCUT2D eigenvalue weighted by molar-refractivity contribution is 6.04. The van der Waals surface area contributed by atoms with Gasteiger partial charge in [0.25, 0.3) is 5.91 Å². The highest BCUT2D eigenvalue weighted by Gasteiger charge is 2.47. The molecule has 0 saturated heterocycles. The van der Waals surface area contributed by atoms with Crippen molar-refractivity contribution in [2.75, 3.05) is 13.1 Å². The summed E-state index contributed by atoms with van der Waals surface area (Å²) in [5.74, 6) is 0.760. The molecule has 8 nitrogen and oxygen atoms in total. The van der Waals surface area contributed by atoms with Gasteiger partial charge in [-0.2, -0.15) is 0 Å². The molecule has 1 saturated carbocycles. The molecule has 202 valence electrons. The van der Waals surface area contributed by atoms with Crippen LogP contribution in [0.1, 0.15) is 36.1 Å². The summed E-state index contributed by atoms with van der Waals surface area (Å²) in [6, 6.07) is 24.4. The monoisotopic (exact) mass is 534 g/mol. The molecule has 2 unspecified atom stereocenters. The SMILES string of the molecule is C=CCN1C(=O)NC(c2cccc(Oc3ccccc3)c2)C2=C1CN(C(C(=O)NC1CC1)c1ccccc1)C2=O. The average Bonchev–Trinajstić information content (AvgIpc) is 3.72. The van der Waals surface area contributed by atoms with Gasteiger partial charge in [0.15, 0.2) is 0 Å². The molecule has 3 aliphatic rings. The van der Waals surface area contributed by atoms with Crippen molar-refractivity contribution in [3.8, 4) is 11.5 Å². The second kappa shape index (κ2) is 10.7. The molecule has 6 rings (SSSR count). The highest BCUT2D eigenvalue weighted by atomic mass is 16.5. The molecule has 0 bridgehead atoms. The molecule has 3 aromatic rings. The Bertz CT molecular complexity index is 1480. The van der Waals surface area contributed by atoms with Crippen molar-refractivity contribution in [1.29, 1.82) is 0 Å². The van der Waals surface area contributed by atoms with Crippen molar-refractivity contribution < 1.29 is 19.1 Å². The molecule has 2 aliphatic heterocycles. The summed E-state index contributed by atoms with van der Waals surface area (Å²) in [6.45, 7) is 4.16. The van der Waals surface area contributed by atoms with Gasteiger partial charge in [-0.25, -0.2) is 4.79 Å². The van der Waals surface area contributed by atoms with Gasteiger partial charge < -0.3 is 20.3 Å². The van der Waals surface area contributed by atoms with Gasteiger partial charge in [-0.3, -0.25) is 14.5 Å². The first-order chi connectivity index (χ1) is 19.5. The van der Waals surface area contributed by atoms with Gasteiger partial charge in [-0.05, 0) is 48.2 Å². The molecule has 40 heavy (non-hydrogen) atoms. The molecule has 8 heteroatoms. The number of hydrogen-bond acceptors (Lipinski definition) is 4. The van der Waals surface area contributed by atoms with Crippen LogP contribution in [0.25, 0.3) is 0 Å². The Hall–Kier alpha value is -4.85. The minimum Gasteiger partial charge on any atom is -0.457 e. The number of rotatable bonds is 9. The Morgan fingerprint density at radius 2 is 1.70 bits per heavy atom. The minimum atomic E-state index is -0.825. The molecule has 3 aromatic carbocycles. The standard InChI is InChI=1S/C32H30N4O4/c1-2-18-35-26-20-36(29(21-10-5-3-6-11-21)30(37)33-23-16-17-23)31(38)27(26)28(34-32(35)39)22-12-9-15-25(19-22)40-24-13-7-4-8-14-24/h2-15,19,23,28-29H,1,16-18,20H2,(H,33,37)(H,34,39). The number of amides is 4. The first kappa shape index (κ1) is 25.4. The Balaban J connectivity index is 1.37. The van der Waals surface area contributed by atoms with Gasteiger partial charge in [-0.1, -0.05) is 66.7 Å². The molecule has 1 aliphatic carbocycles. The third-order valence-corrected chi connectivity index (χ3v) is 7.33. The second-order valence-electron chi connectivity index (χ2n) is 10.2. The van der Waals surface area contributed by atoms with E-state index in [1.165, 1.54) is 4.90 Å². The first-order valence-electron chi connectivity index (χ1n) is 13.4. The fraction of sp³-hybridized carbons (Fsp3) is 0.219. The number of hydrogen-bond donors (Lipinski definition) is 2. The van der Waals surface area contributed by atoms with Crippen LogP contribution in [0.3, 0.4) is 0 Å². The first-order valence-corrected chi connectivity index (χ1v) is 13.4. The lowest BCUT2D eigenvalue weighted by atomic mass is 9.95. The molecule has 0 aromatic heterocycles. The van der Waals surface area contributed by atoms with Crippen molar-refractivity contribution >= 4 is 17.8 Å². The van der Waals surface area contributed by atoms with Crippen molar-refractivity contribution in [2.45, 2.75) is 31.0 Å². The van der Waals surface area contributed by atoms with E-state index in [2.05, 4.69) is 17.2 Å². The third-order valence-electron chi connectivity index (χ3n) is 7.33. The molecule has 2 atom stereocenters. The van der Waals surface area contributed by atoms with Crippen LogP contribution in [-0.4, -0.2) is 46.8 Å². The number of carbonyl (C=O) groups is 3. The lowest BCUT2D eigenvalue weighted by molar-refractivity contribution is -0.136. The van der Waals surface area contributed by atoms with Gasteiger partial charge in [0, 0.05) is 12.6 Å². The Morgan fingerprint density at radius 1 is 1.00 bits per heavy atom. The van der Waals surface area contributed by atoms with E-state index in [4.69, 9.17) is 4.74 Å². The highest BCUT2D eigenvalue weighted by Crippen LogP contribution is 2.40. The summed E-state index contributed by atoms with van der Waals surface area (Å²) in [6.07, 6.45) is 3.50. The van der Waals surface area contributed by atoms with E-state index in [1.54, 1.807) is 11.0 Å². The van der Waals surface area contributed by atoms with E-state index in [0.29, 0.717) is 28.3 Å². The second-order valence-corrected chi connectivity index (χ2v) is 10.2. The van der Waals surface area contributed by atoms with Gasteiger partial charge in [0.1, 0.15) is 17.5 Å². The van der Waals surface area contributed by atoms with E-state index >= 15 is 0 Å². The van der Waals surface area contributed by atoms with E-state index in [1.807, 2.05) is 84.9 Å². The maximum atomic E-state index is 14.2. The van der Waals surface area contributed by atoms with Gasteiger partial charge >= 0.3 is 6.03 Å². The van der Waals surface area contributed by atoms with Crippen LogP contribution < -0.4 is 15.4 Å². The zero-order valence-corrected chi connectivity index (χ0v) is 22.0. The number of benzene rings is 3. The molecule has 2 heterocycles. The molecular formula is C32H30N4O4. The average molecular weight is 535 g/mol. The van der Waals surface area contributed by atoms with Crippen LogP contribution >= 0.6 is 0 Å². The van der Waals surface area contributed by atoms with E-state index in [0.717, 1.165) is 18.4 Å². The topological polar surface area (TPSA) is 91.0 Å². The third kappa shape index (κ3) is 4.96. The number of nitrogens with zero attached hydrogens (tertiary/aromatic N) is 2. The largest absolute Gasteiger partial charge is 0.457 e. The predicted molar refractivity (Wildman–Crippen MR) is 150 cm³/mol. The van der Waals surface area contributed by atoms with Crippen LogP contribution in [0.15, 0.2) is 109 Å². The zero-order chi connectivity index (χ0) is 27.6. The van der Waals surface area contributed by atoms with Gasteiger partial charge in [0.05, 0.1) is 23.9 Å². The summed E-state index contributed by atoms with van der Waals surface area (Å²) in [5.41, 5.74) is 2.45. The number of ether oxygens (including phenoxy) is 1. The van der Waals surface area contributed by atoms with Crippen molar-refractivity contribution in [3.05, 3.63) is 120 Å². The van der Waals surface area contributed by atoms with E-state index in [-0.39, 0.29) is 37.0 Å². The molecular weight excluding hydrogens is 504 g/mol. The predicted octanol–water partition coefficient (Wildman–Crippen LogP) is 4.85. The van der Waals surface area contributed by atoms with E-state index < -0.39 is 12.1 Å². The summed E-state index contributed by atoms with van der Waals surface area (Å²) < 4.78 is 6.03. The number of carbonyl (C=O) groups excluding carboxylic acids is 3. The zero-order valence-electron chi connectivity index (χ0n) is 22.0. The summed E-state index contributed by atoms with van der Waals surface area (Å²) in [4.78, 5) is 44.2. The minimum absolute atomic E-state index is 0.129. The molecule has 2 N–H and O–H groups in total. The van der Waals surface area contributed by atoms with E-state index in [9.17, 15) is 14.4 Å². The fourth-order valence-corrected chi connectivity index (χ4v) is 5.29. The number of para-hydroxylation sites is 1. The van der Waals surface area contributed by atoms with Crippen LogP contribution in [-0.2, 0) is 9.59 Å². The summed E-state index contributed by atoms with van der Waals surface area (Å²) in [7, 11) is 0. The van der Waals surface area contributed by atoms with Crippen LogP contribution in [0, 0.1) is 0 Å². The maximum absolute atomic E-state index is 14.2. The van der Waals surface area contributed by atoms with Gasteiger partial charge in [0.2, 0.25) is 5.91 Å². The lowest BCUT2D eigenvalue weighted by Gasteiger charge is -2.33. The van der Waals surface area contributed by atoms with Crippen LogP contribution in [0.4, 0.5) is 4.79 Å². The molecule has 4 amide bonds. The maximum Gasteiger partial charge on any atom is 0.322 e. The molecule has 0 spiro atoms. The van der Waals surface area contributed by atoms with Crippen LogP contribution in [0.2, 0.25) is 0 Å².